The molecule has 1 aromatic carbocycles. The Morgan fingerprint density at radius 3 is 2.64 bits per heavy atom. The molecule has 112 valence electrons. The number of pyridine rings is 1. The van der Waals surface area contributed by atoms with Gasteiger partial charge in [0.05, 0.1) is 0 Å². The van der Waals surface area contributed by atoms with Gasteiger partial charge in [0.1, 0.15) is 0 Å². The molecular weight excluding hydrogens is 292 g/mol. The highest BCUT2D eigenvalue weighted by Crippen LogP contribution is 2.28. The molecule has 0 radical (unpaired) electrons. The molecule has 0 saturated heterocycles. The van der Waals surface area contributed by atoms with Crippen molar-refractivity contribution < 1.29 is 0 Å². The van der Waals surface area contributed by atoms with Crippen LogP contribution in [0.2, 0.25) is 0 Å². The molecule has 0 saturated carbocycles. The molecule has 0 aliphatic heterocycles. The van der Waals surface area contributed by atoms with E-state index in [1.54, 1.807) is 24.2 Å². The molecule has 0 aliphatic rings. The standard InChI is InChI=1S/C17H18N4S/c1-3-11-22-17-20-19-16(14-7-9-18-10-8-14)21(17)15-6-4-5-13(2)12-15/h4-10,12H,3,11H2,1-2H3. The van der Waals surface area contributed by atoms with Crippen molar-refractivity contribution in [2.45, 2.75) is 25.4 Å². The summed E-state index contributed by atoms with van der Waals surface area (Å²) in [5.74, 6) is 1.88. The average Bonchev–Trinajstić information content (AvgIpc) is 2.97. The molecule has 3 aromatic rings. The molecule has 22 heavy (non-hydrogen) atoms. The highest BCUT2D eigenvalue weighted by atomic mass is 32.2. The van der Waals surface area contributed by atoms with E-state index in [1.807, 2.05) is 12.1 Å². The number of aromatic nitrogens is 4. The topological polar surface area (TPSA) is 43.6 Å². The van der Waals surface area contributed by atoms with E-state index in [0.717, 1.165) is 34.4 Å². The number of benzene rings is 1. The lowest BCUT2D eigenvalue weighted by Gasteiger charge is -2.10. The number of thioether (sulfide) groups is 1. The lowest BCUT2D eigenvalue weighted by atomic mass is 10.2. The predicted molar refractivity (Wildman–Crippen MR) is 90.3 cm³/mol. The van der Waals surface area contributed by atoms with Crippen LogP contribution in [0.15, 0.2) is 53.9 Å². The third-order valence-electron chi connectivity index (χ3n) is 3.27. The van der Waals surface area contributed by atoms with Crippen molar-refractivity contribution in [1.82, 2.24) is 19.7 Å². The predicted octanol–water partition coefficient (Wildman–Crippen LogP) is 4.14. The minimum atomic E-state index is 0.853. The highest BCUT2D eigenvalue weighted by molar-refractivity contribution is 7.99. The Hall–Kier alpha value is -2.14. The molecule has 4 nitrogen and oxygen atoms in total. The van der Waals surface area contributed by atoms with Crippen LogP contribution in [0.25, 0.3) is 17.1 Å². The van der Waals surface area contributed by atoms with Gasteiger partial charge in [-0.3, -0.25) is 9.55 Å². The van der Waals surface area contributed by atoms with Crippen LogP contribution in [0.4, 0.5) is 0 Å². The fraction of sp³-hybridized carbons (Fsp3) is 0.235. The molecule has 3 rings (SSSR count). The molecule has 5 heteroatoms. The summed E-state index contributed by atoms with van der Waals surface area (Å²) in [6, 6.07) is 12.3. The smallest absolute Gasteiger partial charge is 0.196 e. The van der Waals surface area contributed by atoms with E-state index in [0.29, 0.717) is 0 Å². The Morgan fingerprint density at radius 2 is 1.91 bits per heavy atom. The first kappa shape index (κ1) is 14.8. The van der Waals surface area contributed by atoms with Crippen molar-refractivity contribution in [3.63, 3.8) is 0 Å². The van der Waals surface area contributed by atoms with Crippen LogP contribution < -0.4 is 0 Å². The van der Waals surface area contributed by atoms with Gasteiger partial charge in [0, 0.05) is 29.4 Å². The number of hydrogen-bond acceptors (Lipinski definition) is 4. The van der Waals surface area contributed by atoms with E-state index in [2.05, 4.69) is 57.9 Å². The normalized spacial score (nSPS) is 10.8. The van der Waals surface area contributed by atoms with E-state index in [-0.39, 0.29) is 0 Å². The minimum absolute atomic E-state index is 0.853. The number of rotatable bonds is 5. The van der Waals surface area contributed by atoms with Gasteiger partial charge in [-0.25, -0.2) is 0 Å². The molecular formula is C17H18N4S. The van der Waals surface area contributed by atoms with Crippen LogP contribution in [0.1, 0.15) is 18.9 Å². The van der Waals surface area contributed by atoms with Crippen molar-refractivity contribution in [2.75, 3.05) is 5.75 Å². The number of hydrogen-bond donors (Lipinski definition) is 0. The lowest BCUT2D eigenvalue weighted by molar-refractivity contribution is 0.883. The Balaban J connectivity index is 2.13. The Bertz CT molecular complexity index is 752. The van der Waals surface area contributed by atoms with E-state index in [9.17, 15) is 0 Å². The molecule has 2 aromatic heterocycles. The molecule has 0 unspecified atom stereocenters. The first-order valence-electron chi connectivity index (χ1n) is 7.35. The second-order valence-corrected chi connectivity index (χ2v) is 6.13. The summed E-state index contributed by atoms with van der Waals surface area (Å²) in [4.78, 5) is 4.08. The van der Waals surface area contributed by atoms with Crippen molar-refractivity contribution in [1.29, 1.82) is 0 Å². The summed E-state index contributed by atoms with van der Waals surface area (Å²) < 4.78 is 2.13. The van der Waals surface area contributed by atoms with E-state index in [1.165, 1.54) is 5.56 Å². The number of nitrogens with zero attached hydrogens (tertiary/aromatic N) is 4. The first-order valence-corrected chi connectivity index (χ1v) is 8.34. The quantitative estimate of drug-likeness (QED) is 0.664. The van der Waals surface area contributed by atoms with Gasteiger partial charge < -0.3 is 0 Å². The van der Waals surface area contributed by atoms with E-state index < -0.39 is 0 Å². The maximum Gasteiger partial charge on any atom is 0.196 e. The summed E-state index contributed by atoms with van der Waals surface area (Å²) in [6.45, 7) is 4.27. The van der Waals surface area contributed by atoms with Crippen LogP contribution in [-0.2, 0) is 0 Å². The van der Waals surface area contributed by atoms with Gasteiger partial charge in [-0.1, -0.05) is 30.8 Å². The zero-order chi connectivity index (χ0) is 15.4. The molecule has 0 atom stereocenters. The largest absolute Gasteiger partial charge is 0.270 e. The molecule has 0 fully saturated rings. The van der Waals surface area contributed by atoms with Gasteiger partial charge in [-0.05, 0) is 43.2 Å². The van der Waals surface area contributed by atoms with Gasteiger partial charge in [0.2, 0.25) is 0 Å². The maximum absolute atomic E-state index is 4.41. The average molecular weight is 310 g/mol. The first-order chi connectivity index (χ1) is 10.8. The van der Waals surface area contributed by atoms with Gasteiger partial charge in [-0.2, -0.15) is 0 Å². The lowest BCUT2D eigenvalue weighted by Crippen LogP contribution is -2.00. The second kappa shape index (κ2) is 6.75. The fourth-order valence-electron chi connectivity index (χ4n) is 2.24. The summed E-state index contributed by atoms with van der Waals surface area (Å²) in [5.41, 5.74) is 3.33. The molecule has 2 heterocycles. The summed E-state index contributed by atoms with van der Waals surface area (Å²) in [5, 5.41) is 9.73. The van der Waals surface area contributed by atoms with Crippen molar-refractivity contribution in [2.24, 2.45) is 0 Å². The SMILES string of the molecule is CCCSc1nnc(-c2ccncc2)n1-c1cccc(C)c1. The molecule has 0 N–H and O–H groups in total. The van der Waals surface area contributed by atoms with Crippen LogP contribution >= 0.6 is 11.8 Å². The van der Waals surface area contributed by atoms with E-state index in [4.69, 9.17) is 0 Å². The Labute approximate surface area is 134 Å². The van der Waals surface area contributed by atoms with Crippen molar-refractivity contribution >= 4 is 11.8 Å². The zero-order valence-electron chi connectivity index (χ0n) is 12.7. The Morgan fingerprint density at radius 1 is 1.09 bits per heavy atom. The Kier molecular flexibility index (Phi) is 4.53. The van der Waals surface area contributed by atoms with Crippen LogP contribution in [0.5, 0.6) is 0 Å². The minimum Gasteiger partial charge on any atom is -0.270 e. The molecule has 0 aliphatic carbocycles. The van der Waals surface area contributed by atoms with Gasteiger partial charge in [0.25, 0.3) is 0 Å². The fourth-order valence-corrected chi connectivity index (χ4v) is 3.05. The summed E-state index contributed by atoms with van der Waals surface area (Å²) >= 11 is 1.74. The maximum atomic E-state index is 4.41. The molecule has 0 amide bonds. The summed E-state index contributed by atoms with van der Waals surface area (Å²) in [7, 11) is 0. The van der Waals surface area contributed by atoms with Crippen LogP contribution in [0.3, 0.4) is 0 Å². The third-order valence-corrected chi connectivity index (χ3v) is 4.40. The van der Waals surface area contributed by atoms with Gasteiger partial charge in [-0.15, -0.1) is 10.2 Å². The van der Waals surface area contributed by atoms with Crippen molar-refractivity contribution in [3.8, 4) is 17.1 Å². The number of aryl methyl sites for hydroxylation is 1. The molecule has 0 bridgehead atoms. The second-order valence-electron chi connectivity index (χ2n) is 5.06. The molecule has 0 spiro atoms. The third kappa shape index (κ3) is 3.04. The van der Waals surface area contributed by atoms with Crippen molar-refractivity contribution in [3.05, 3.63) is 54.4 Å². The summed E-state index contributed by atoms with van der Waals surface area (Å²) in [6.07, 6.45) is 4.67. The monoisotopic (exact) mass is 310 g/mol. The van der Waals surface area contributed by atoms with Crippen LogP contribution in [-0.4, -0.2) is 25.5 Å². The highest BCUT2D eigenvalue weighted by Gasteiger charge is 2.15. The van der Waals surface area contributed by atoms with Crippen LogP contribution in [0, 0.1) is 6.92 Å². The van der Waals surface area contributed by atoms with Gasteiger partial charge in [0.15, 0.2) is 11.0 Å². The van der Waals surface area contributed by atoms with Gasteiger partial charge >= 0.3 is 0 Å². The zero-order valence-corrected chi connectivity index (χ0v) is 13.5. The van der Waals surface area contributed by atoms with E-state index >= 15 is 0 Å².